The van der Waals surface area contributed by atoms with Gasteiger partial charge in [-0.15, -0.1) is 0 Å². The third-order valence-corrected chi connectivity index (χ3v) is 3.37. The monoisotopic (exact) mass is 301 g/mol. The van der Waals surface area contributed by atoms with Crippen molar-refractivity contribution in [2.75, 3.05) is 6.61 Å². The summed E-state index contributed by atoms with van der Waals surface area (Å²) in [7, 11) is 0. The number of fused-ring (bicyclic) bond motifs is 1. The van der Waals surface area contributed by atoms with Gasteiger partial charge in [0.05, 0.1) is 17.1 Å². The van der Waals surface area contributed by atoms with E-state index in [2.05, 4.69) is 4.98 Å². The lowest BCUT2D eigenvalue weighted by Crippen LogP contribution is -2.08. The molecule has 2 aromatic rings. The zero-order valence-electron chi connectivity index (χ0n) is 10.3. The van der Waals surface area contributed by atoms with Crippen LogP contribution in [0, 0.1) is 12.7 Å². The molecule has 1 aromatic carbocycles. The summed E-state index contributed by atoms with van der Waals surface area (Å²) in [5.74, 6) is -1.09. The van der Waals surface area contributed by atoms with E-state index in [0.29, 0.717) is 16.5 Å². The van der Waals surface area contributed by atoms with Gasteiger partial charge in [0.15, 0.2) is 0 Å². The van der Waals surface area contributed by atoms with Gasteiger partial charge in [-0.2, -0.15) is 0 Å². The summed E-state index contributed by atoms with van der Waals surface area (Å²) in [6.07, 6.45) is 0. The number of aryl methyl sites for hydroxylation is 1. The van der Waals surface area contributed by atoms with Crippen LogP contribution in [0.4, 0.5) is 4.39 Å². The number of rotatable bonds is 2. The Morgan fingerprint density at radius 1 is 1.42 bits per heavy atom. The van der Waals surface area contributed by atoms with Gasteiger partial charge >= 0.3 is 5.97 Å². The molecule has 0 radical (unpaired) electrons. The first-order valence-electron chi connectivity index (χ1n) is 5.58. The first-order valence-corrected chi connectivity index (χ1v) is 6.33. The minimum atomic E-state index is -0.671. The standard InChI is InChI=1S/C13H10Cl2FNO2/c1-3-19-13(18)10-11(14)9-6(2)7(16)4-5-8(9)17-12(10)15/h4-5H,3H2,1-2H3. The fraction of sp³-hybridized carbons (Fsp3) is 0.231. The van der Waals surface area contributed by atoms with Crippen LogP contribution in [0.25, 0.3) is 10.9 Å². The molecule has 0 fully saturated rings. The Balaban J connectivity index is 2.80. The Hall–Kier alpha value is -1.39. The topological polar surface area (TPSA) is 39.2 Å². The SMILES string of the molecule is CCOC(=O)c1c(Cl)nc2ccc(F)c(C)c2c1Cl. The van der Waals surface area contributed by atoms with Gasteiger partial charge < -0.3 is 4.74 Å². The van der Waals surface area contributed by atoms with Crippen molar-refractivity contribution in [3.05, 3.63) is 39.3 Å². The van der Waals surface area contributed by atoms with E-state index in [1.54, 1.807) is 13.8 Å². The molecule has 0 unspecified atom stereocenters. The van der Waals surface area contributed by atoms with Crippen molar-refractivity contribution in [1.82, 2.24) is 4.98 Å². The van der Waals surface area contributed by atoms with Crippen molar-refractivity contribution in [3.8, 4) is 0 Å². The van der Waals surface area contributed by atoms with Crippen molar-refractivity contribution < 1.29 is 13.9 Å². The predicted molar refractivity (Wildman–Crippen MR) is 72.4 cm³/mol. The van der Waals surface area contributed by atoms with E-state index in [1.807, 2.05) is 0 Å². The molecule has 0 saturated heterocycles. The van der Waals surface area contributed by atoms with E-state index in [-0.39, 0.29) is 22.3 Å². The van der Waals surface area contributed by atoms with Crippen LogP contribution in [-0.2, 0) is 4.74 Å². The van der Waals surface area contributed by atoms with Crippen LogP contribution in [0.5, 0.6) is 0 Å². The van der Waals surface area contributed by atoms with E-state index in [4.69, 9.17) is 27.9 Å². The minimum absolute atomic E-state index is 0.0358. The summed E-state index contributed by atoms with van der Waals surface area (Å²) in [4.78, 5) is 15.9. The molecule has 0 N–H and O–H groups in total. The Morgan fingerprint density at radius 2 is 2.11 bits per heavy atom. The van der Waals surface area contributed by atoms with Crippen molar-refractivity contribution in [3.63, 3.8) is 0 Å². The number of carbonyl (C=O) groups is 1. The van der Waals surface area contributed by atoms with E-state index in [1.165, 1.54) is 12.1 Å². The Morgan fingerprint density at radius 3 is 2.74 bits per heavy atom. The van der Waals surface area contributed by atoms with Gasteiger partial charge in [0.25, 0.3) is 0 Å². The van der Waals surface area contributed by atoms with Gasteiger partial charge in [-0.3, -0.25) is 0 Å². The summed E-state index contributed by atoms with van der Waals surface area (Å²) in [5, 5.41) is 0.376. The van der Waals surface area contributed by atoms with Crippen molar-refractivity contribution in [2.45, 2.75) is 13.8 Å². The van der Waals surface area contributed by atoms with Gasteiger partial charge in [-0.25, -0.2) is 14.2 Å². The highest BCUT2D eigenvalue weighted by Gasteiger charge is 2.22. The highest BCUT2D eigenvalue weighted by Crippen LogP contribution is 2.34. The van der Waals surface area contributed by atoms with Crippen LogP contribution in [0.3, 0.4) is 0 Å². The van der Waals surface area contributed by atoms with Gasteiger partial charge in [0, 0.05) is 5.39 Å². The number of nitrogens with zero attached hydrogens (tertiary/aromatic N) is 1. The van der Waals surface area contributed by atoms with Crippen LogP contribution >= 0.6 is 23.2 Å². The van der Waals surface area contributed by atoms with E-state index in [0.717, 1.165) is 0 Å². The number of hydrogen-bond donors (Lipinski definition) is 0. The number of esters is 1. The third kappa shape index (κ3) is 2.38. The highest BCUT2D eigenvalue weighted by atomic mass is 35.5. The van der Waals surface area contributed by atoms with Crippen LogP contribution in [0.15, 0.2) is 12.1 Å². The van der Waals surface area contributed by atoms with Crippen molar-refractivity contribution >= 4 is 40.1 Å². The maximum atomic E-state index is 13.6. The lowest BCUT2D eigenvalue weighted by atomic mass is 10.1. The molecule has 1 heterocycles. The average molecular weight is 302 g/mol. The molecule has 0 amide bonds. The Kier molecular flexibility index (Phi) is 3.92. The number of hydrogen-bond acceptors (Lipinski definition) is 3. The second kappa shape index (κ2) is 5.31. The maximum Gasteiger partial charge on any atom is 0.342 e. The molecule has 0 saturated carbocycles. The van der Waals surface area contributed by atoms with Crippen molar-refractivity contribution in [1.29, 1.82) is 0 Å². The van der Waals surface area contributed by atoms with Crippen LogP contribution < -0.4 is 0 Å². The summed E-state index contributed by atoms with van der Waals surface area (Å²) >= 11 is 12.1. The fourth-order valence-corrected chi connectivity index (χ4v) is 2.51. The Bertz CT molecular complexity index is 673. The molecule has 2 rings (SSSR count). The second-order valence-electron chi connectivity index (χ2n) is 3.88. The summed E-state index contributed by atoms with van der Waals surface area (Å²) in [5.41, 5.74) is 0.713. The lowest BCUT2D eigenvalue weighted by Gasteiger charge is -2.11. The molecule has 6 heteroatoms. The lowest BCUT2D eigenvalue weighted by molar-refractivity contribution is 0.0526. The largest absolute Gasteiger partial charge is 0.462 e. The molecule has 0 spiro atoms. The predicted octanol–water partition coefficient (Wildman–Crippen LogP) is 4.17. The van der Waals surface area contributed by atoms with E-state index < -0.39 is 11.8 Å². The van der Waals surface area contributed by atoms with Crippen LogP contribution in [-0.4, -0.2) is 17.6 Å². The number of pyridine rings is 1. The zero-order chi connectivity index (χ0) is 14.2. The fourth-order valence-electron chi connectivity index (χ4n) is 1.80. The molecule has 19 heavy (non-hydrogen) atoms. The summed E-state index contributed by atoms with van der Waals surface area (Å²) in [6.45, 7) is 3.42. The number of carbonyl (C=O) groups excluding carboxylic acids is 1. The molecular formula is C13H10Cl2FNO2. The van der Waals surface area contributed by atoms with Gasteiger partial charge in [0.2, 0.25) is 0 Å². The number of aromatic nitrogens is 1. The maximum absolute atomic E-state index is 13.6. The van der Waals surface area contributed by atoms with E-state index >= 15 is 0 Å². The van der Waals surface area contributed by atoms with Gasteiger partial charge in [-0.05, 0) is 31.5 Å². The van der Waals surface area contributed by atoms with Gasteiger partial charge in [0.1, 0.15) is 16.5 Å². The molecule has 3 nitrogen and oxygen atoms in total. The molecule has 0 atom stereocenters. The number of halogens is 3. The first-order chi connectivity index (χ1) is 8.97. The third-order valence-electron chi connectivity index (χ3n) is 2.72. The van der Waals surface area contributed by atoms with Crippen LogP contribution in [0.1, 0.15) is 22.8 Å². The second-order valence-corrected chi connectivity index (χ2v) is 4.61. The summed E-state index contributed by atoms with van der Waals surface area (Å²) < 4.78 is 18.4. The van der Waals surface area contributed by atoms with Crippen LogP contribution in [0.2, 0.25) is 10.2 Å². The molecule has 100 valence electrons. The molecule has 0 aliphatic heterocycles. The van der Waals surface area contributed by atoms with Crippen molar-refractivity contribution in [2.24, 2.45) is 0 Å². The first kappa shape index (κ1) is 14.0. The highest BCUT2D eigenvalue weighted by molar-refractivity contribution is 6.42. The number of ether oxygens (including phenoxy) is 1. The molecule has 0 aliphatic carbocycles. The summed E-state index contributed by atoms with van der Waals surface area (Å²) in [6, 6.07) is 2.74. The number of benzene rings is 1. The normalized spacial score (nSPS) is 10.8. The zero-order valence-corrected chi connectivity index (χ0v) is 11.8. The quantitative estimate of drug-likeness (QED) is 0.617. The minimum Gasteiger partial charge on any atom is -0.462 e. The Labute approximate surface area is 119 Å². The molecule has 0 aliphatic rings. The molecular weight excluding hydrogens is 292 g/mol. The smallest absolute Gasteiger partial charge is 0.342 e. The van der Waals surface area contributed by atoms with E-state index in [9.17, 15) is 9.18 Å². The molecule has 1 aromatic heterocycles. The molecule has 0 bridgehead atoms. The average Bonchev–Trinajstić information content (AvgIpc) is 2.34. The van der Waals surface area contributed by atoms with Gasteiger partial charge in [-0.1, -0.05) is 23.2 Å².